The van der Waals surface area contributed by atoms with Gasteiger partial charge in [0, 0.05) is 32.7 Å². The number of amides is 1. The first-order valence-electron chi connectivity index (χ1n) is 8.01. The van der Waals surface area contributed by atoms with Gasteiger partial charge >= 0.3 is 0 Å². The number of aryl methyl sites for hydroxylation is 1. The minimum atomic E-state index is -3.66. The lowest BCUT2D eigenvalue weighted by Gasteiger charge is -2.30. The van der Waals surface area contributed by atoms with Gasteiger partial charge in [0.25, 0.3) is 0 Å². The van der Waals surface area contributed by atoms with Crippen LogP contribution in [0.4, 0.5) is 0 Å². The first kappa shape index (κ1) is 17.9. The Kier molecular flexibility index (Phi) is 6.15. The number of carbonyl (C=O) groups excluding carboxylic acids is 1. The van der Waals surface area contributed by atoms with Crippen molar-refractivity contribution in [2.45, 2.75) is 25.2 Å². The van der Waals surface area contributed by atoms with Gasteiger partial charge in [-0.05, 0) is 25.0 Å². The summed E-state index contributed by atoms with van der Waals surface area (Å²) in [5, 5.41) is 3.19. The van der Waals surface area contributed by atoms with Crippen LogP contribution in [-0.4, -0.2) is 62.8 Å². The van der Waals surface area contributed by atoms with Crippen molar-refractivity contribution >= 4 is 15.9 Å². The van der Waals surface area contributed by atoms with E-state index in [9.17, 15) is 13.2 Å². The van der Waals surface area contributed by atoms with Gasteiger partial charge in [-0.25, -0.2) is 8.42 Å². The lowest BCUT2D eigenvalue weighted by molar-refractivity contribution is -0.131. The Bertz CT molecular complexity index is 640. The quantitative estimate of drug-likeness (QED) is 0.833. The van der Waals surface area contributed by atoms with E-state index in [1.54, 1.807) is 30.0 Å². The molecule has 1 aromatic rings. The van der Waals surface area contributed by atoms with Crippen LogP contribution in [0.15, 0.2) is 29.2 Å². The minimum Gasteiger partial charge on any atom is -0.339 e. The van der Waals surface area contributed by atoms with Crippen LogP contribution in [0, 0.1) is 6.92 Å². The standard InChI is InChI=1S/C16H25N3O3S/c1-3-10-19(13-16(20)18-11-8-17-9-12-18)23(21,22)15-7-5-4-6-14(15)2/h4-7,17H,3,8-13H2,1-2H3. The van der Waals surface area contributed by atoms with E-state index in [1.807, 2.05) is 13.0 Å². The number of sulfonamides is 1. The maximum absolute atomic E-state index is 12.9. The molecule has 0 bridgehead atoms. The third kappa shape index (κ3) is 4.31. The van der Waals surface area contributed by atoms with Crippen molar-refractivity contribution in [2.75, 3.05) is 39.3 Å². The van der Waals surface area contributed by atoms with E-state index in [4.69, 9.17) is 0 Å². The highest BCUT2D eigenvalue weighted by Gasteiger charge is 2.29. The molecule has 0 atom stereocenters. The zero-order valence-electron chi connectivity index (χ0n) is 13.8. The maximum atomic E-state index is 12.9. The van der Waals surface area contributed by atoms with Gasteiger partial charge < -0.3 is 10.2 Å². The molecule has 23 heavy (non-hydrogen) atoms. The summed E-state index contributed by atoms with van der Waals surface area (Å²) >= 11 is 0. The smallest absolute Gasteiger partial charge is 0.243 e. The number of rotatable bonds is 6. The molecule has 1 aromatic carbocycles. The average molecular weight is 339 g/mol. The Morgan fingerprint density at radius 2 is 1.91 bits per heavy atom. The molecule has 1 fully saturated rings. The van der Waals surface area contributed by atoms with Gasteiger partial charge in [-0.2, -0.15) is 4.31 Å². The molecule has 128 valence electrons. The Morgan fingerprint density at radius 1 is 1.26 bits per heavy atom. The molecule has 0 spiro atoms. The van der Waals surface area contributed by atoms with E-state index in [0.717, 1.165) is 13.1 Å². The molecule has 6 nitrogen and oxygen atoms in total. The van der Waals surface area contributed by atoms with Crippen molar-refractivity contribution in [1.29, 1.82) is 0 Å². The summed E-state index contributed by atoms with van der Waals surface area (Å²) in [6, 6.07) is 6.89. The Balaban J connectivity index is 2.20. The molecule has 0 aromatic heterocycles. The molecule has 1 N–H and O–H groups in total. The highest BCUT2D eigenvalue weighted by Crippen LogP contribution is 2.20. The summed E-state index contributed by atoms with van der Waals surface area (Å²) in [5.74, 6) is -0.128. The zero-order valence-corrected chi connectivity index (χ0v) is 14.6. The number of carbonyl (C=O) groups is 1. The topological polar surface area (TPSA) is 69.7 Å². The first-order valence-corrected chi connectivity index (χ1v) is 9.45. The fraction of sp³-hybridized carbons (Fsp3) is 0.562. The predicted octanol–water partition coefficient (Wildman–Crippen LogP) is 0.828. The summed E-state index contributed by atoms with van der Waals surface area (Å²) in [6.07, 6.45) is 0.667. The molecule has 0 unspecified atom stereocenters. The van der Waals surface area contributed by atoms with Gasteiger partial charge in [0.2, 0.25) is 15.9 Å². The number of piperazine rings is 1. The fourth-order valence-electron chi connectivity index (χ4n) is 2.68. The molecule has 2 rings (SSSR count). The molecular formula is C16H25N3O3S. The summed E-state index contributed by atoms with van der Waals surface area (Å²) in [7, 11) is -3.66. The van der Waals surface area contributed by atoms with Crippen LogP contribution in [0.3, 0.4) is 0 Å². The zero-order chi connectivity index (χ0) is 16.9. The maximum Gasteiger partial charge on any atom is 0.243 e. The number of hydrogen-bond acceptors (Lipinski definition) is 4. The third-order valence-electron chi connectivity index (χ3n) is 3.97. The first-order chi connectivity index (χ1) is 11.0. The molecule has 7 heteroatoms. The van der Waals surface area contributed by atoms with Gasteiger partial charge in [0.15, 0.2) is 0 Å². The van der Waals surface area contributed by atoms with Gasteiger partial charge in [-0.15, -0.1) is 0 Å². The van der Waals surface area contributed by atoms with Crippen LogP contribution in [-0.2, 0) is 14.8 Å². The molecule has 1 amide bonds. The van der Waals surface area contributed by atoms with Crippen molar-refractivity contribution in [1.82, 2.24) is 14.5 Å². The van der Waals surface area contributed by atoms with Gasteiger partial charge in [-0.3, -0.25) is 4.79 Å². The highest BCUT2D eigenvalue weighted by molar-refractivity contribution is 7.89. The summed E-state index contributed by atoms with van der Waals surface area (Å²) < 4.78 is 27.1. The van der Waals surface area contributed by atoms with Gasteiger partial charge in [0.05, 0.1) is 11.4 Å². The van der Waals surface area contributed by atoms with Gasteiger partial charge in [-0.1, -0.05) is 25.1 Å². The summed E-state index contributed by atoms with van der Waals surface area (Å²) in [6.45, 7) is 6.70. The van der Waals surface area contributed by atoms with E-state index in [0.29, 0.717) is 31.6 Å². The Labute approximate surface area is 138 Å². The van der Waals surface area contributed by atoms with Crippen molar-refractivity contribution in [3.8, 4) is 0 Å². The molecule has 1 aliphatic rings. The second-order valence-corrected chi connectivity index (χ2v) is 7.64. The van der Waals surface area contributed by atoms with Crippen molar-refractivity contribution in [3.63, 3.8) is 0 Å². The summed E-state index contributed by atoms with van der Waals surface area (Å²) in [5.41, 5.74) is 0.697. The fourth-order valence-corrected chi connectivity index (χ4v) is 4.39. The van der Waals surface area contributed by atoms with E-state index in [2.05, 4.69) is 5.32 Å². The second kappa shape index (κ2) is 7.90. The van der Waals surface area contributed by atoms with Crippen molar-refractivity contribution in [3.05, 3.63) is 29.8 Å². The van der Waals surface area contributed by atoms with Crippen LogP contribution >= 0.6 is 0 Å². The van der Waals surface area contributed by atoms with Crippen molar-refractivity contribution in [2.24, 2.45) is 0 Å². The Hall–Kier alpha value is -1.44. The molecule has 0 aliphatic carbocycles. The van der Waals surface area contributed by atoms with Crippen LogP contribution < -0.4 is 5.32 Å². The average Bonchev–Trinajstić information content (AvgIpc) is 2.55. The molecule has 1 saturated heterocycles. The molecule has 1 heterocycles. The normalized spacial score (nSPS) is 15.9. The molecule has 0 saturated carbocycles. The molecule has 0 radical (unpaired) electrons. The van der Waals surface area contributed by atoms with Crippen LogP contribution in [0.2, 0.25) is 0 Å². The lowest BCUT2D eigenvalue weighted by atomic mass is 10.2. The van der Waals surface area contributed by atoms with E-state index in [-0.39, 0.29) is 17.3 Å². The van der Waals surface area contributed by atoms with Crippen LogP contribution in [0.1, 0.15) is 18.9 Å². The SMILES string of the molecule is CCCN(CC(=O)N1CCNCC1)S(=O)(=O)c1ccccc1C. The van der Waals surface area contributed by atoms with Crippen LogP contribution in [0.25, 0.3) is 0 Å². The van der Waals surface area contributed by atoms with E-state index >= 15 is 0 Å². The minimum absolute atomic E-state index is 0.0928. The highest BCUT2D eigenvalue weighted by atomic mass is 32.2. The monoisotopic (exact) mass is 339 g/mol. The molecule has 1 aliphatic heterocycles. The second-order valence-electron chi connectivity index (χ2n) is 5.73. The third-order valence-corrected chi connectivity index (χ3v) is 5.97. The predicted molar refractivity (Wildman–Crippen MR) is 89.7 cm³/mol. The lowest BCUT2D eigenvalue weighted by Crippen LogP contribution is -2.50. The van der Waals surface area contributed by atoms with E-state index < -0.39 is 10.0 Å². The van der Waals surface area contributed by atoms with Crippen LogP contribution in [0.5, 0.6) is 0 Å². The Morgan fingerprint density at radius 3 is 2.52 bits per heavy atom. The number of nitrogens with one attached hydrogen (secondary N) is 1. The van der Waals surface area contributed by atoms with Crippen molar-refractivity contribution < 1.29 is 13.2 Å². The van der Waals surface area contributed by atoms with E-state index in [1.165, 1.54) is 4.31 Å². The number of benzene rings is 1. The number of nitrogens with zero attached hydrogens (tertiary/aromatic N) is 2. The van der Waals surface area contributed by atoms with Gasteiger partial charge in [0.1, 0.15) is 0 Å². The molecular weight excluding hydrogens is 314 g/mol. The largest absolute Gasteiger partial charge is 0.339 e. The number of hydrogen-bond donors (Lipinski definition) is 1. The summed E-state index contributed by atoms with van der Waals surface area (Å²) in [4.78, 5) is 14.4.